The summed E-state index contributed by atoms with van der Waals surface area (Å²) >= 11 is 8.06. The Bertz CT molecular complexity index is 452. The normalized spacial score (nSPS) is 10.8. The molecule has 0 aromatic heterocycles. The van der Waals surface area contributed by atoms with Crippen molar-refractivity contribution in [3.8, 4) is 0 Å². The maximum Gasteiger partial charge on any atom is 0.253 e. The molecule has 0 aliphatic carbocycles. The van der Waals surface area contributed by atoms with Crippen molar-refractivity contribution in [3.05, 3.63) is 32.4 Å². The van der Waals surface area contributed by atoms with Crippen LogP contribution in [0.15, 0.2) is 18.2 Å². The van der Waals surface area contributed by atoms with Crippen molar-refractivity contribution in [1.29, 1.82) is 0 Å². The highest BCUT2D eigenvalue weighted by molar-refractivity contribution is 14.1. The zero-order valence-electron chi connectivity index (χ0n) is 11.2. The molecule has 0 heterocycles. The summed E-state index contributed by atoms with van der Waals surface area (Å²) in [5, 5.41) is 0.664. The third-order valence-corrected chi connectivity index (χ3v) is 4.27. The quantitative estimate of drug-likeness (QED) is 0.764. The number of amides is 1. The van der Waals surface area contributed by atoms with Crippen LogP contribution in [-0.2, 0) is 0 Å². The van der Waals surface area contributed by atoms with Gasteiger partial charge in [0.1, 0.15) is 0 Å². The van der Waals surface area contributed by atoms with Crippen LogP contribution in [0, 0.1) is 8.99 Å². The molecule has 0 aliphatic heterocycles. The molecule has 0 fully saturated rings. The zero-order chi connectivity index (χ0) is 13.9. The summed E-state index contributed by atoms with van der Waals surface area (Å²) in [6.07, 6.45) is 0. The van der Waals surface area contributed by atoms with Crippen LogP contribution in [-0.4, -0.2) is 30.9 Å². The van der Waals surface area contributed by atoms with Gasteiger partial charge in [-0.05, 0) is 52.7 Å². The van der Waals surface area contributed by atoms with Crippen molar-refractivity contribution in [2.24, 2.45) is 11.1 Å². The first-order valence-electron chi connectivity index (χ1n) is 5.67. The van der Waals surface area contributed by atoms with Crippen molar-refractivity contribution >= 4 is 52.5 Å². The molecule has 1 aromatic rings. The fraction of sp³-hybridized carbons (Fsp3) is 0.462. The molecule has 1 amide bonds. The minimum absolute atomic E-state index is 0. The van der Waals surface area contributed by atoms with Gasteiger partial charge < -0.3 is 10.6 Å². The Morgan fingerprint density at radius 3 is 2.53 bits per heavy atom. The van der Waals surface area contributed by atoms with E-state index in [1.54, 1.807) is 30.1 Å². The first-order chi connectivity index (χ1) is 8.26. The van der Waals surface area contributed by atoms with Gasteiger partial charge in [-0.15, -0.1) is 12.4 Å². The van der Waals surface area contributed by atoms with Gasteiger partial charge in [0.2, 0.25) is 0 Å². The number of halogens is 3. The van der Waals surface area contributed by atoms with E-state index in [1.165, 1.54) is 0 Å². The highest BCUT2D eigenvalue weighted by Crippen LogP contribution is 2.21. The molecule has 0 unspecified atom stereocenters. The van der Waals surface area contributed by atoms with E-state index in [0.717, 1.165) is 3.57 Å². The van der Waals surface area contributed by atoms with E-state index in [2.05, 4.69) is 22.6 Å². The summed E-state index contributed by atoms with van der Waals surface area (Å²) < 4.78 is 0.881. The van der Waals surface area contributed by atoms with Crippen LogP contribution >= 0.6 is 46.6 Å². The minimum atomic E-state index is -0.0794. The van der Waals surface area contributed by atoms with Crippen molar-refractivity contribution in [2.75, 3.05) is 20.1 Å². The summed E-state index contributed by atoms with van der Waals surface area (Å²) in [6, 6.07) is 5.30. The number of nitrogens with two attached hydrogens (primary N) is 1. The summed E-state index contributed by atoms with van der Waals surface area (Å²) in [7, 11) is 1.79. The third-order valence-electron chi connectivity index (χ3n) is 2.73. The monoisotopic (exact) mass is 416 g/mol. The predicted molar refractivity (Wildman–Crippen MR) is 91.2 cm³/mol. The molecule has 0 radical (unpaired) electrons. The Hall–Kier alpha value is -0.0400. The highest BCUT2D eigenvalue weighted by Gasteiger charge is 2.22. The third kappa shape index (κ3) is 5.45. The number of hydrogen-bond acceptors (Lipinski definition) is 2. The molecule has 3 nitrogen and oxygen atoms in total. The van der Waals surface area contributed by atoms with Gasteiger partial charge in [0, 0.05) is 22.7 Å². The molecule has 2 N–H and O–H groups in total. The number of nitrogens with zero attached hydrogens (tertiary/aromatic N) is 1. The molecule has 108 valence electrons. The van der Waals surface area contributed by atoms with Crippen LogP contribution in [0.2, 0.25) is 5.02 Å². The van der Waals surface area contributed by atoms with Gasteiger partial charge in [0.15, 0.2) is 0 Å². The van der Waals surface area contributed by atoms with Crippen LogP contribution in [0.4, 0.5) is 0 Å². The molecule has 0 spiro atoms. The summed E-state index contributed by atoms with van der Waals surface area (Å²) in [5.41, 5.74) is 6.25. The molecule has 0 saturated heterocycles. The number of hydrogen-bond donors (Lipinski definition) is 1. The lowest BCUT2D eigenvalue weighted by Crippen LogP contribution is -2.39. The Morgan fingerprint density at radius 1 is 1.47 bits per heavy atom. The van der Waals surface area contributed by atoms with Crippen molar-refractivity contribution < 1.29 is 4.79 Å². The Labute approximate surface area is 139 Å². The molecular formula is C13H19Cl2IN2O. The van der Waals surface area contributed by atoms with Gasteiger partial charge >= 0.3 is 0 Å². The lowest BCUT2D eigenvalue weighted by molar-refractivity contribution is 0.0740. The van der Waals surface area contributed by atoms with Gasteiger partial charge in [0.05, 0.1) is 5.02 Å². The summed E-state index contributed by atoms with van der Waals surface area (Å²) in [6.45, 7) is 5.26. The Balaban J connectivity index is 0.00000324. The van der Waals surface area contributed by atoms with Gasteiger partial charge in [0.25, 0.3) is 5.91 Å². The van der Waals surface area contributed by atoms with E-state index in [0.29, 0.717) is 23.7 Å². The van der Waals surface area contributed by atoms with Gasteiger partial charge in [-0.3, -0.25) is 4.79 Å². The van der Waals surface area contributed by atoms with E-state index in [-0.39, 0.29) is 23.7 Å². The fourth-order valence-corrected chi connectivity index (χ4v) is 2.26. The second kappa shape index (κ2) is 7.67. The zero-order valence-corrected chi connectivity index (χ0v) is 15.0. The first kappa shape index (κ1) is 19.0. The first-order valence-corrected chi connectivity index (χ1v) is 7.13. The Morgan fingerprint density at radius 2 is 2.05 bits per heavy atom. The van der Waals surface area contributed by atoms with E-state index in [9.17, 15) is 4.79 Å². The van der Waals surface area contributed by atoms with Crippen molar-refractivity contribution in [2.45, 2.75) is 13.8 Å². The van der Waals surface area contributed by atoms with Crippen molar-refractivity contribution in [1.82, 2.24) is 4.90 Å². The summed E-state index contributed by atoms with van der Waals surface area (Å²) in [5.74, 6) is -0.00823. The van der Waals surface area contributed by atoms with Crippen LogP contribution in [0.5, 0.6) is 0 Å². The maximum absolute atomic E-state index is 12.2. The SMILES string of the molecule is CN(CC(C)(C)CN)C(=O)c1ccc(Cl)c(I)c1.Cl. The second-order valence-corrected chi connectivity index (χ2v) is 6.73. The molecule has 0 atom stereocenters. The molecule has 0 bridgehead atoms. The van der Waals surface area contributed by atoms with E-state index in [1.807, 2.05) is 13.8 Å². The van der Waals surface area contributed by atoms with Crippen LogP contribution in [0.1, 0.15) is 24.2 Å². The molecule has 19 heavy (non-hydrogen) atoms. The van der Waals surface area contributed by atoms with Crippen LogP contribution in [0.25, 0.3) is 0 Å². The van der Waals surface area contributed by atoms with Crippen LogP contribution in [0.3, 0.4) is 0 Å². The molecule has 0 aliphatic rings. The van der Waals surface area contributed by atoms with Gasteiger partial charge in [-0.1, -0.05) is 25.4 Å². The van der Waals surface area contributed by atoms with Crippen molar-refractivity contribution in [3.63, 3.8) is 0 Å². The molecule has 1 aromatic carbocycles. The fourth-order valence-electron chi connectivity index (χ4n) is 1.63. The number of benzene rings is 1. The average Bonchev–Trinajstić information content (AvgIpc) is 2.31. The second-order valence-electron chi connectivity index (χ2n) is 5.16. The summed E-state index contributed by atoms with van der Waals surface area (Å²) in [4.78, 5) is 13.9. The number of rotatable bonds is 4. The van der Waals surface area contributed by atoms with E-state index in [4.69, 9.17) is 17.3 Å². The highest BCUT2D eigenvalue weighted by atomic mass is 127. The minimum Gasteiger partial charge on any atom is -0.341 e. The van der Waals surface area contributed by atoms with Crippen LogP contribution < -0.4 is 5.73 Å². The lowest BCUT2D eigenvalue weighted by Gasteiger charge is -2.29. The van der Waals surface area contributed by atoms with Gasteiger partial charge in [-0.2, -0.15) is 0 Å². The number of carbonyl (C=O) groups is 1. The number of carbonyl (C=O) groups excluding carboxylic acids is 1. The maximum atomic E-state index is 12.2. The molecule has 6 heteroatoms. The van der Waals surface area contributed by atoms with Gasteiger partial charge in [-0.25, -0.2) is 0 Å². The lowest BCUT2D eigenvalue weighted by atomic mass is 9.93. The standard InChI is InChI=1S/C13H18ClIN2O.ClH/c1-13(2,7-16)8-17(3)12(18)9-4-5-10(14)11(15)6-9;/h4-6H,7-8,16H2,1-3H3;1H. The van der Waals surface area contributed by atoms with E-state index >= 15 is 0 Å². The Kier molecular flexibility index (Phi) is 7.65. The predicted octanol–water partition coefficient (Wildman–Crippen LogP) is 3.42. The molecular weight excluding hydrogens is 398 g/mol. The molecule has 0 saturated carbocycles. The largest absolute Gasteiger partial charge is 0.341 e. The molecule has 1 rings (SSSR count). The average molecular weight is 417 g/mol. The van der Waals surface area contributed by atoms with E-state index < -0.39 is 0 Å². The smallest absolute Gasteiger partial charge is 0.253 e. The topological polar surface area (TPSA) is 46.3 Å².